The number of carbonyl (C=O) groups is 2. The highest BCUT2D eigenvalue weighted by Crippen LogP contribution is 2.11. The second kappa shape index (κ2) is 8.74. The number of esters is 2. The van der Waals surface area contributed by atoms with Crippen molar-refractivity contribution in [3.63, 3.8) is 0 Å². The number of hydrogen-bond acceptors (Lipinski definition) is 4. The van der Waals surface area contributed by atoms with Crippen LogP contribution in [0.25, 0.3) is 0 Å². The van der Waals surface area contributed by atoms with Gasteiger partial charge in [-0.25, -0.2) is 0 Å². The van der Waals surface area contributed by atoms with E-state index in [1.807, 2.05) is 0 Å². The summed E-state index contributed by atoms with van der Waals surface area (Å²) in [6.07, 6.45) is 2.58. The Balaban J connectivity index is 4.42. The Bertz CT molecular complexity index is 259. The van der Waals surface area contributed by atoms with Gasteiger partial charge in [0.05, 0.1) is 13.2 Å². The Morgan fingerprint density at radius 2 is 1.75 bits per heavy atom. The third-order valence-corrected chi connectivity index (χ3v) is 1.89. The van der Waals surface area contributed by atoms with Crippen molar-refractivity contribution in [2.45, 2.75) is 26.7 Å². The molecule has 0 unspecified atom stereocenters. The van der Waals surface area contributed by atoms with Gasteiger partial charge in [-0.3, -0.25) is 9.59 Å². The molecule has 0 saturated carbocycles. The van der Waals surface area contributed by atoms with Crippen LogP contribution in [0.4, 0.5) is 0 Å². The highest BCUT2D eigenvalue weighted by atomic mass is 16.6. The summed E-state index contributed by atoms with van der Waals surface area (Å²) < 4.78 is 9.62. The maximum absolute atomic E-state index is 11.5. The molecule has 0 rings (SSSR count). The van der Waals surface area contributed by atoms with Crippen molar-refractivity contribution in [1.82, 2.24) is 0 Å². The predicted octanol–water partition coefficient (Wildman–Crippen LogP) is 1.85. The SMILES string of the molecule is C=C=CCCC(C(=O)OCC)C(=O)OCC. The van der Waals surface area contributed by atoms with Gasteiger partial charge in [0.2, 0.25) is 0 Å². The van der Waals surface area contributed by atoms with Gasteiger partial charge in [0.25, 0.3) is 0 Å². The first-order valence-electron chi connectivity index (χ1n) is 5.34. The molecule has 0 aromatic carbocycles. The first kappa shape index (κ1) is 14.5. The van der Waals surface area contributed by atoms with Gasteiger partial charge >= 0.3 is 11.9 Å². The van der Waals surface area contributed by atoms with Crippen LogP contribution in [-0.4, -0.2) is 25.2 Å². The second-order valence-corrected chi connectivity index (χ2v) is 3.04. The van der Waals surface area contributed by atoms with Crippen molar-refractivity contribution >= 4 is 11.9 Å². The zero-order chi connectivity index (χ0) is 12.4. The lowest BCUT2D eigenvalue weighted by molar-refractivity contribution is -0.161. The molecule has 0 aromatic rings. The van der Waals surface area contributed by atoms with Gasteiger partial charge in [-0.2, -0.15) is 0 Å². The Morgan fingerprint density at radius 1 is 1.25 bits per heavy atom. The number of hydrogen-bond donors (Lipinski definition) is 0. The predicted molar refractivity (Wildman–Crippen MR) is 59.7 cm³/mol. The molecule has 0 aliphatic rings. The van der Waals surface area contributed by atoms with Gasteiger partial charge in [-0.05, 0) is 32.8 Å². The number of rotatable bonds is 7. The molecule has 0 aliphatic heterocycles. The molecule has 16 heavy (non-hydrogen) atoms. The van der Waals surface area contributed by atoms with Crippen molar-refractivity contribution in [1.29, 1.82) is 0 Å². The highest BCUT2D eigenvalue weighted by molar-refractivity contribution is 5.94. The summed E-state index contributed by atoms with van der Waals surface area (Å²) in [4.78, 5) is 23.0. The van der Waals surface area contributed by atoms with Crippen molar-refractivity contribution in [3.05, 3.63) is 18.4 Å². The van der Waals surface area contributed by atoms with Crippen LogP contribution in [0, 0.1) is 5.92 Å². The molecule has 0 atom stereocenters. The molecule has 0 aromatic heterocycles. The minimum absolute atomic E-state index is 0.256. The molecular formula is C12H18O4. The van der Waals surface area contributed by atoms with Crippen molar-refractivity contribution < 1.29 is 19.1 Å². The monoisotopic (exact) mass is 226 g/mol. The average Bonchev–Trinajstić information content (AvgIpc) is 2.25. The lowest BCUT2D eigenvalue weighted by Crippen LogP contribution is -2.28. The molecule has 4 nitrogen and oxygen atoms in total. The number of allylic oxidation sites excluding steroid dienone is 1. The van der Waals surface area contributed by atoms with Crippen LogP contribution >= 0.6 is 0 Å². The first-order valence-corrected chi connectivity index (χ1v) is 5.34. The highest BCUT2D eigenvalue weighted by Gasteiger charge is 2.28. The van der Waals surface area contributed by atoms with Crippen molar-refractivity contribution in [2.75, 3.05) is 13.2 Å². The minimum Gasteiger partial charge on any atom is -0.465 e. The van der Waals surface area contributed by atoms with Crippen LogP contribution < -0.4 is 0 Å². The minimum atomic E-state index is -0.843. The Hall–Kier alpha value is -1.54. The molecule has 0 fully saturated rings. The van der Waals surface area contributed by atoms with E-state index in [4.69, 9.17) is 9.47 Å². The molecule has 0 spiro atoms. The maximum atomic E-state index is 11.5. The van der Waals surface area contributed by atoms with Gasteiger partial charge in [-0.15, -0.1) is 5.73 Å². The van der Waals surface area contributed by atoms with E-state index in [-0.39, 0.29) is 13.2 Å². The molecule has 4 heteroatoms. The summed E-state index contributed by atoms with van der Waals surface area (Å²) in [6.45, 7) is 7.32. The normalized spacial score (nSPS) is 9.44. The second-order valence-electron chi connectivity index (χ2n) is 3.04. The van der Waals surface area contributed by atoms with E-state index in [0.29, 0.717) is 12.8 Å². The third-order valence-electron chi connectivity index (χ3n) is 1.89. The van der Waals surface area contributed by atoms with E-state index >= 15 is 0 Å². The Labute approximate surface area is 95.9 Å². The fourth-order valence-corrected chi connectivity index (χ4v) is 1.17. The van der Waals surface area contributed by atoms with Crippen LogP contribution in [0.2, 0.25) is 0 Å². The van der Waals surface area contributed by atoms with E-state index in [2.05, 4.69) is 12.3 Å². The summed E-state index contributed by atoms with van der Waals surface area (Å²) in [5, 5.41) is 0. The maximum Gasteiger partial charge on any atom is 0.320 e. The Kier molecular flexibility index (Phi) is 7.90. The topological polar surface area (TPSA) is 52.6 Å². The van der Waals surface area contributed by atoms with Crippen LogP contribution in [0.15, 0.2) is 18.4 Å². The fraction of sp³-hybridized carbons (Fsp3) is 0.583. The van der Waals surface area contributed by atoms with Crippen LogP contribution in [0.1, 0.15) is 26.7 Å². The summed E-state index contributed by atoms with van der Waals surface area (Å²) >= 11 is 0. The van der Waals surface area contributed by atoms with E-state index < -0.39 is 17.9 Å². The zero-order valence-corrected chi connectivity index (χ0v) is 9.82. The molecule has 0 N–H and O–H groups in total. The molecule has 90 valence electrons. The molecule has 0 radical (unpaired) electrons. The summed E-state index contributed by atoms with van der Waals surface area (Å²) in [6, 6.07) is 0. The fourth-order valence-electron chi connectivity index (χ4n) is 1.17. The molecule has 0 aliphatic carbocycles. The lowest BCUT2D eigenvalue weighted by atomic mass is 10.0. The third kappa shape index (κ3) is 5.37. The van der Waals surface area contributed by atoms with Crippen LogP contribution in [-0.2, 0) is 19.1 Å². The van der Waals surface area contributed by atoms with Gasteiger partial charge in [0, 0.05) is 0 Å². The summed E-state index contributed by atoms with van der Waals surface area (Å²) in [5.41, 5.74) is 2.59. The van der Waals surface area contributed by atoms with Crippen molar-refractivity contribution in [2.24, 2.45) is 5.92 Å². The standard InChI is InChI=1S/C12H18O4/c1-4-7-8-9-10(11(13)15-5-2)12(14)16-6-3/h7,10H,1,5-6,8-9H2,2-3H3. The van der Waals surface area contributed by atoms with Gasteiger partial charge in [-0.1, -0.05) is 6.58 Å². The van der Waals surface area contributed by atoms with Crippen molar-refractivity contribution in [3.8, 4) is 0 Å². The molecule has 0 saturated heterocycles. The smallest absolute Gasteiger partial charge is 0.320 e. The summed E-state index contributed by atoms with van der Waals surface area (Å²) in [5.74, 6) is -1.90. The van der Waals surface area contributed by atoms with Gasteiger partial charge in [0.15, 0.2) is 5.92 Å². The van der Waals surface area contributed by atoms with Crippen LogP contribution in [0.5, 0.6) is 0 Å². The average molecular weight is 226 g/mol. The zero-order valence-electron chi connectivity index (χ0n) is 9.82. The largest absolute Gasteiger partial charge is 0.465 e. The lowest BCUT2D eigenvalue weighted by Gasteiger charge is -2.12. The number of carbonyl (C=O) groups excluding carboxylic acids is 2. The Morgan fingerprint density at radius 3 is 2.12 bits per heavy atom. The van der Waals surface area contributed by atoms with Gasteiger partial charge < -0.3 is 9.47 Å². The van der Waals surface area contributed by atoms with E-state index in [1.165, 1.54) is 0 Å². The quantitative estimate of drug-likeness (QED) is 0.377. The van der Waals surface area contributed by atoms with Gasteiger partial charge in [0.1, 0.15) is 0 Å². The van der Waals surface area contributed by atoms with E-state index in [1.54, 1.807) is 19.9 Å². The molecule has 0 bridgehead atoms. The van der Waals surface area contributed by atoms with E-state index in [0.717, 1.165) is 0 Å². The molecular weight excluding hydrogens is 208 g/mol. The van der Waals surface area contributed by atoms with E-state index in [9.17, 15) is 9.59 Å². The van der Waals surface area contributed by atoms with Crippen LogP contribution in [0.3, 0.4) is 0 Å². The molecule has 0 amide bonds. The first-order chi connectivity index (χ1) is 7.67. The number of ether oxygens (including phenoxy) is 2. The summed E-state index contributed by atoms with van der Waals surface area (Å²) in [7, 11) is 0. The molecule has 0 heterocycles.